The molecule has 118 valence electrons. The quantitative estimate of drug-likeness (QED) is 0.708. The zero-order valence-corrected chi connectivity index (χ0v) is 13.6. The van der Waals surface area contributed by atoms with E-state index in [1.165, 1.54) is 56.9 Å². The Hall–Kier alpha value is -1.02. The molecule has 2 nitrogen and oxygen atoms in total. The van der Waals surface area contributed by atoms with Crippen LogP contribution in [0.4, 0.5) is 0 Å². The Morgan fingerprint density at radius 3 is 2.33 bits per heavy atom. The molecular formula is C19H31NO. The van der Waals surface area contributed by atoms with Gasteiger partial charge in [-0.05, 0) is 37.0 Å². The molecular weight excluding hydrogens is 258 g/mol. The van der Waals surface area contributed by atoms with E-state index >= 15 is 0 Å². The fourth-order valence-corrected chi connectivity index (χ4v) is 2.96. The maximum atomic E-state index is 5.71. The van der Waals surface area contributed by atoms with Gasteiger partial charge < -0.3 is 10.1 Å². The van der Waals surface area contributed by atoms with Crippen molar-refractivity contribution in [2.24, 2.45) is 0 Å². The zero-order valence-electron chi connectivity index (χ0n) is 13.6. The predicted molar refractivity (Wildman–Crippen MR) is 89.8 cm³/mol. The number of hydrogen-bond donors (Lipinski definition) is 1. The molecule has 0 amide bonds. The molecule has 21 heavy (non-hydrogen) atoms. The highest BCUT2D eigenvalue weighted by Crippen LogP contribution is 2.18. The van der Waals surface area contributed by atoms with Crippen LogP contribution in [-0.2, 0) is 6.54 Å². The number of ether oxygens (including phenoxy) is 1. The molecule has 0 atom stereocenters. The Bertz CT molecular complexity index is 366. The van der Waals surface area contributed by atoms with Crippen LogP contribution < -0.4 is 10.1 Å². The fraction of sp³-hybridized carbons (Fsp3) is 0.684. The first-order valence-corrected chi connectivity index (χ1v) is 8.83. The summed E-state index contributed by atoms with van der Waals surface area (Å²) in [6.07, 6.45) is 12.1. The van der Waals surface area contributed by atoms with Gasteiger partial charge in [0.2, 0.25) is 0 Å². The Labute approximate surface area is 130 Å². The molecule has 0 aliphatic heterocycles. The second-order valence-corrected chi connectivity index (χ2v) is 6.27. The Morgan fingerprint density at radius 1 is 1.00 bits per heavy atom. The molecule has 0 aromatic heterocycles. The second-order valence-electron chi connectivity index (χ2n) is 6.27. The van der Waals surface area contributed by atoms with Crippen molar-refractivity contribution in [3.8, 4) is 5.75 Å². The first-order valence-electron chi connectivity index (χ1n) is 8.83. The lowest BCUT2D eigenvalue weighted by Gasteiger charge is -2.21. The summed E-state index contributed by atoms with van der Waals surface area (Å²) in [6, 6.07) is 9.30. The van der Waals surface area contributed by atoms with Crippen LogP contribution in [0.3, 0.4) is 0 Å². The molecule has 1 aromatic rings. The van der Waals surface area contributed by atoms with Crippen molar-refractivity contribution in [2.75, 3.05) is 6.61 Å². The largest absolute Gasteiger partial charge is 0.494 e. The standard InChI is InChI=1S/C19H31NO/c1-2-3-15-21-19-13-11-17(12-14-19)16-20-18-9-7-5-4-6-8-10-18/h11-14,18,20H,2-10,15-16H2,1H3. The third-order valence-electron chi connectivity index (χ3n) is 4.39. The van der Waals surface area contributed by atoms with Crippen molar-refractivity contribution in [1.29, 1.82) is 0 Å². The normalized spacial score (nSPS) is 17.2. The third-order valence-corrected chi connectivity index (χ3v) is 4.39. The molecule has 1 saturated carbocycles. The second kappa shape index (κ2) is 9.83. The van der Waals surface area contributed by atoms with Crippen LogP contribution in [0.1, 0.15) is 70.3 Å². The molecule has 0 heterocycles. The van der Waals surface area contributed by atoms with Crippen molar-refractivity contribution in [3.05, 3.63) is 29.8 Å². The SMILES string of the molecule is CCCCOc1ccc(CNC2CCCCCCC2)cc1. The lowest BCUT2D eigenvalue weighted by atomic mass is 9.96. The van der Waals surface area contributed by atoms with Crippen LogP contribution in [-0.4, -0.2) is 12.6 Å². The highest BCUT2D eigenvalue weighted by atomic mass is 16.5. The molecule has 2 heteroatoms. The molecule has 1 aromatic carbocycles. The van der Waals surface area contributed by atoms with Crippen LogP contribution in [0.2, 0.25) is 0 Å². The molecule has 1 N–H and O–H groups in total. The summed E-state index contributed by atoms with van der Waals surface area (Å²) in [5.74, 6) is 0.998. The fourth-order valence-electron chi connectivity index (χ4n) is 2.96. The van der Waals surface area contributed by atoms with Gasteiger partial charge in [-0.3, -0.25) is 0 Å². The van der Waals surface area contributed by atoms with E-state index in [2.05, 4.69) is 36.5 Å². The molecule has 0 bridgehead atoms. The summed E-state index contributed by atoms with van der Waals surface area (Å²) in [7, 11) is 0. The number of hydrogen-bond acceptors (Lipinski definition) is 2. The van der Waals surface area contributed by atoms with E-state index in [4.69, 9.17) is 4.74 Å². The summed E-state index contributed by atoms with van der Waals surface area (Å²) in [5.41, 5.74) is 1.36. The van der Waals surface area contributed by atoms with Crippen molar-refractivity contribution in [2.45, 2.75) is 77.3 Å². The maximum absolute atomic E-state index is 5.71. The van der Waals surface area contributed by atoms with E-state index in [1.54, 1.807) is 0 Å². The number of rotatable bonds is 7. The van der Waals surface area contributed by atoms with Gasteiger partial charge in [0.1, 0.15) is 5.75 Å². The average Bonchev–Trinajstić information content (AvgIpc) is 2.48. The van der Waals surface area contributed by atoms with Crippen LogP contribution in [0.5, 0.6) is 5.75 Å². The van der Waals surface area contributed by atoms with Gasteiger partial charge in [-0.2, -0.15) is 0 Å². The minimum atomic E-state index is 0.714. The molecule has 0 unspecified atom stereocenters. The summed E-state index contributed by atoms with van der Waals surface area (Å²) in [6.45, 7) is 4.00. The van der Waals surface area contributed by atoms with Gasteiger partial charge in [0.25, 0.3) is 0 Å². The highest BCUT2D eigenvalue weighted by Gasteiger charge is 2.10. The zero-order chi connectivity index (χ0) is 14.8. The number of nitrogens with one attached hydrogen (secondary N) is 1. The Morgan fingerprint density at radius 2 is 1.67 bits per heavy atom. The van der Waals surface area contributed by atoms with Gasteiger partial charge in [-0.25, -0.2) is 0 Å². The van der Waals surface area contributed by atoms with E-state index in [1.807, 2.05) is 0 Å². The Balaban J connectivity index is 1.72. The third kappa shape index (κ3) is 6.52. The van der Waals surface area contributed by atoms with E-state index in [9.17, 15) is 0 Å². The summed E-state index contributed by atoms with van der Waals surface area (Å²) in [4.78, 5) is 0. The number of benzene rings is 1. The van der Waals surface area contributed by atoms with E-state index in [0.717, 1.165) is 25.3 Å². The Kier molecular flexibility index (Phi) is 7.66. The maximum Gasteiger partial charge on any atom is 0.119 e. The van der Waals surface area contributed by atoms with Gasteiger partial charge in [-0.15, -0.1) is 0 Å². The van der Waals surface area contributed by atoms with Crippen LogP contribution >= 0.6 is 0 Å². The summed E-state index contributed by atoms with van der Waals surface area (Å²) < 4.78 is 5.71. The molecule has 1 aliphatic rings. The predicted octanol–water partition coefficient (Wildman–Crippen LogP) is 5.07. The lowest BCUT2D eigenvalue weighted by molar-refractivity contribution is 0.309. The minimum Gasteiger partial charge on any atom is -0.494 e. The molecule has 0 radical (unpaired) electrons. The van der Waals surface area contributed by atoms with Crippen LogP contribution in [0.25, 0.3) is 0 Å². The van der Waals surface area contributed by atoms with Crippen molar-refractivity contribution in [3.63, 3.8) is 0 Å². The average molecular weight is 289 g/mol. The van der Waals surface area contributed by atoms with Crippen molar-refractivity contribution < 1.29 is 4.74 Å². The van der Waals surface area contributed by atoms with Crippen molar-refractivity contribution in [1.82, 2.24) is 5.32 Å². The number of unbranched alkanes of at least 4 members (excludes halogenated alkanes) is 1. The molecule has 1 aliphatic carbocycles. The van der Waals surface area contributed by atoms with E-state index < -0.39 is 0 Å². The van der Waals surface area contributed by atoms with Gasteiger partial charge in [0, 0.05) is 12.6 Å². The van der Waals surface area contributed by atoms with E-state index in [0.29, 0.717) is 6.04 Å². The first-order chi connectivity index (χ1) is 10.4. The molecule has 1 fully saturated rings. The first kappa shape index (κ1) is 16.4. The van der Waals surface area contributed by atoms with Gasteiger partial charge >= 0.3 is 0 Å². The molecule has 0 saturated heterocycles. The van der Waals surface area contributed by atoms with Gasteiger partial charge in [-0.1, -0.05) is 57.6 Å². The minimum absolute atomic E-state index is 0.714. The van der Waals surface area contributed by atoms with Crippen molar-refractivity contribution >= 4 is 0 Å². The van der Waals surface area contributed by atoms with Gasteiger partial charge in [0.05, 0.1) is 6.61 Å². The van der Waals surface area contributed by atoms with Crippen LogP contribution in [0.15, 0.2) is 24.3 Å². The molecule has 2 rings (SSSR count). The topological polar surface area (TPSA) is 21.3 Å². The lowest BCUT2D eigenvalue weighted by Crippen LogP contribution is -2.29. The smallest absolute Gasteiger partial charge is 0.119 e. The monoisotopic (exact) mass is 289 g/mol. The van der Waals surface area contributed by atoms with E-state index in [-0.39, 0.29) is 0 Å². The summed E-state index contributed by atoms with van der Waals surface area (Å²) >= 11 is 0. The van der Waals surface area contributed by atoms with Gasteiger partial charge in [0.15, 0.2) is 0 Å². The highest BCUT2D eigenvalue weighted by molar-refractivity contribution is 5.27. The molecule has 0 spiro atoms. The van der Waals surface area contributed by atoms with Crippen LogP contribution in [0, 0.1) is 0 Å². The summed E-state index contributed by atoms with van der Waals surface area (Å²) in [5, 5.41) is 3.74.